The molecule has 0 spiro atoms. The van der Waals surface area contributed by atoms with E-state index in [0.29, 0.717) is 12.1 Å². The highest BCUT2D eigenvalue weighted by molar-refractivity contribution is 7.60. The first-order chi connectivity index (χ1) is 19.6. The Morgan fingerprint density at radius 2 is 1.20 bits per heavy atom. The highest BCUT2D eigenvalue weighted by atomic mass is 31.2. The van der Waals surface area contributed by atoms with E-state index in [-0.39, 0.29) is 24.0 Å². The Morgan fingerprint density at radius 3 is 1.68 bits per heavy atom. The zero-order chi connectivity index (χ0) is 29.8. The van der Waals surface area contributed by atoms with E-state index in [1.807, 2.05) is 30.3 Å². The van der Waals surface area contributed by atoms with Crippen LogP contribution in [-0.4, -0.2) is 25.0 Å². The molecular formula is C31H50N2O6P2. The van der Waals surface area contributed by atoms with Crippen molar-refractivity contribution in [2.24, 2.45) is 0 Å². The Balaban J connectivity index is 1.56. The van der Waals surface area contributed by atoms with Crippen molar-refractivity contribution in [3.8, 4) is 0 Å². The van der Waals surface area contributed by atoms with Crippen molar-refractivity contribution in [2.75, 3.05) is 10.2 Å². The lowest BCUT2D eigenvalue weighted by atomic mass is 10.0. The Morgan fingerprint density at radius 1 is 0.683 bits per heavy atom. The maximum atomic E-state index is 13.2. The predicted molar refractivity (Wildman–Crippen MR) is 169 cm³/mol. The lowest BCUT2D eigenvalue weighted by Crippen LogP contribution is -2.50. The summed E-state index contributed by atoms with van der Waals surface area (Å²) in [6.07, 6.45) is 18.1. The molecule has 0 radical (unpaired) electrons. The number of benzene rings is 2. The second-order valence-electron chi connectivity index (χ2n) is 11.5. The fraction of sp³-hybridized carbons (Fsp3) is 0.613. The number of fused-ring (bicyclic) bond motifs is 1. The number of para-hydroxylation sites is 1. The largest absolute Gasteiger partial charge is 0.371 e. The molecule has 1 atom stereocenters. The molecule has 0 amide bonds. The topological polar surface area (TPSA) is 130 Å². The second kappa shape index (κ2) is 16.3. The molecule has 0 saturated heterocycles. The van der Waals surface area contributed by atoms with Gasteiger partial charge in [0.25, 0.3) is 0 Å². The SMILES string of the molecule is CCCCCCCCCCCCCCCCCC1(P(=O)(O)O)Nc2c(cccc2P(=O)(O)O)N1Cc1ccccc1. The van der Waals surface area contributed by atoms with Crippen molar-refractivity contribution in [3.05, 3.63) is 54.1 Å². The van der Waals surface area contributed by atoms with Gasteiger partial charge < -0.3 is 29.8 Å². The molecule has 0 fully saturated rings. The van der Waals surface area contributed by atoms with Crippen LogP contribution in [0.25, 0.3) is 0 Å². The van der Waals surface area contributed by atoms with Gasteiger partial charge in [0, 0.05) is 13.0 Å². The molecule has 8 nitrogen and oxygen atoms in total. The first kappa shape index (κ1) is 33.8. The summed E-state index contributed by atoms with van der Waals surface area (Å²) >= 11 is 0. The quantitative estimate of drug-likeness (QED) is 0.0755. The molecule has 0 aliphatic carbocycles. The van der Waals surface area contributed by atoms with Crippen molar-refractivity contribution in [1.29, 1.82) is 0 Å². The van der Waals surface area contributed by atoms with Gasteiger partial charge in [-0.1, -0.05) is 133 Å². The first-order valence-electron chi connectivity index (χ1n) is 15.4. The van der Waals surface area contributed by atoms with E-state index in [4.69, 9.17) is 0 Å². The second-order valence-corrected chi connectivity index (χ2v) is 14.9. The van der Waals surface area contributed by atoms with Gasteiger partial charge in [0.05, 0.1) is 16.7 Å². The van der Waals surface area contributed by atoms with Crippen molar-refractivity contribution >= 4 is 31.9 Å². The number of nitrogens with zero attached hydrogens (tertiary/aromatic N) is 1. The normalized spacial score (nSPS) is 17.0. The molecule has 1 unspecified atom stereocenters. The van der Waals surface area contributed by atoms with Gasteiger partial charge in [-0.15, -0.1) is 0 Å². The molecule has 2 aromatic rings. The smallest absolute Gasteiger partial charge is 0.350 e. The van der Waals surface area contributed by atoms with Crippen LogP contribution in [0.5, 0.6) is 0 Å². The molecule has 2 aromatic carbocycles. The highest BCUT2D eigenvalue weighted by Gasteiger charge is 2.56. The zero-order valence-electron chi connectivity index (χ0n) is 24.6. The Kier molecular flexibility index (Phi) is 13.4. The molecule has 10 heteroatoms. The Bertz CT molecular complexity index is 1150. The van der Waals surface area contributed by atoms with E-state index in [1.54, 1.807) is 11.0 Å². The number of hydrogen-bond donors (Lipinski definition) is 5. The summed E-state index contributed by atoms with van der Waals surface area (Å²) in [5.41, 5.74) is 1.33. The van der Waals surface area contributed by atoms with E-state index in [2.05, 4.69) is 12.2 Å². The minimum atomic E-state index is -4.82. The van der Waals surface area contributed by atoms with Crippen LogP contribution in [0.4, 0.5) is 11.4 Å². The molecule has 41 heavy (non-hydrogen) atoms. The summed E-state index contributed by atoms with van der Waals surface area (Å²) in [4.78, 5) is 43.0. The summed E-state index contributed by atoms with van der Waals surface area (Å²) in [7, 11) is -9.50. The maximum Gasteiger partial charge on any atom is 0.371 e. The van der Waals surface area contributed by atoms with Crippen molar-refractivity contribution in [2.45, 2.75) is 122 Å². The van der Waals surface area contributed by atoms with Gasteiger partial charge in [0.2, 0.25) is 5.40 Å². The van der Waals surface area contributed by atoms with Crippen LogP contribution in [0.3, 0.4) is 0 Å². The van der Waals surface area contributed by atoms with Crippen LogP contribution in [-0.2, 0) is 15.7 Å². The molecule has 0 bridgehead atoms. The van der Waals surface area contributed by atoms with E-state index < -0.39 is 20.6 Å². The van der Waals surface area contributed by atoms with Crippen LogP contribution in [0, 0.1) is 0 Å². The third-order valence-corrected chi connectivity index (χ3v) is 10.7. The number of hydrogen-bond acceptors (Lipinski definition) is 4. The predicted octanol–water partition coefficient (Wildman–Crippen LogP) is 8.01. The molecule has 5 N–H and O–H groups in total. The van der Waals surface area contributed by atoms with Crippen LogP contribution < -0.4 is 15.5 Å². The monoisotopic (exact) mass is 608 g/mol. The van der Waals surface area contributed by atoms with E-state index in [1.165, 1.54) is 82.8 Å². The van der Waals surface area contributed by atoms with Crippen molar-refractivity contribution in [3.63, 3.8) is 0 Å². The lowest BCUT2D eigenvalue weighted by Gasteiger charge is -2.40. The van der Waals surface area contributed by atoms with Gasteiger partial charge >= 0.3 is 15.2 Å². The Labute approximate surface area is 246 Å². The fourth-order valence-corrected chi connectivity index (χ4v) is 7.83. The molecule has 0 aromatic heterocycles. The van der Waals surface area contributed by atoms with Crippen LogP contribution in [0.2, 0.25) is 0 Å². The van der Waals surface area contributed by atoms with Gasteiger partial charge in [-0.05, 0) is 24.1 Å². The summed E-state index contributed by atoms with van der Waals surface area (Å²) < 4.78 is 25.4. The molecule has 1 heterocycles. The average molecular weight is 609 g/mol. The zero-order valence-corrected chi connectivity index (χ0v) is 26.4. The standard InChI is InChI=1S/C31H50N2O6P2/c1-2-3-4-5-6-7-8-9-10-11-12-13-14-15-19-25-31(41(37,38)39)32-30-28(23-20-24-29(30)40(34,35)36)33(31)26-27-21-17-16-18-22-27/h16-18,20-24,32H,2-15,19,25-26H2,1H3,(H2,34,35,36)(H2,37,38,39). The maximum absolute atomic E-state index is 13.2. The van der Waals surface area contributed by atoms with Crippen molar-refractivity contribution in [1.82, 2.24) is 0 Å². The number of anilines is 2. The van der Waals surface area contributed by atoms with Gasteiger partial charge in [0.15, 0.2) is 0 Å². The highest BCUT2D eigenvalue weighted by Crippen LogP contribution is 2.61. The number of unbranched alkanes of at least 4 members (excludes halogenated alkanes) is 14. The minimum absolute atomic E-state index is 0.0982. The minimum Gasteiger partial charge on any atom is -0.350 e. The van der Waals surface area contributed by atoms with E-state index in [9.17, 15) is 28.7 Å². The average Bonchev–Trinajstić information content (AvgIpc) is 3.25. The summed E-state index contributed by atoms with van der Waals surface area (Å²) in [5.74, 6) is 0. The third kappa shape index (κ3) is 9.68. The molecule has 1 aliphatic heterocycles. The number of nitrogens with one attached hydrogen (secondary N) is 1. The van der Waals surface area contributed by atoms with E-state index >= 15 is 0 Å². The van der Waals surface area contributed by atoms with Gasteiger partial charge in [-0.2, -0.15) is 0 Å². The molecule has 3 rings (SSSR count). The van der Waals surface area contributed by atoms with Gasteiger partial charge in [-0.3, -0.25) is 9.13 Å². The summed E-state index contributed by atoms with van der Waals surface area (Å²) in [5, 5.41) is 0.919. The summed E-state index contributed by atoms with van der Waals surface area (Å²) in [6.45, 7) is 2.44. The van der Waals surface area contributed by atoms with Crippen molar-refractivity contribution < 1.29 is 28.7 Å². The summed E-state index contributed by atoms with van der Waals surface area (Å²) in [6, 6.07) is 13.9. The van der Waals surface area contributed by atoms with Gasteiger partial charge in [0.1, 0.15) is 0 Å². The Hall–Kier alpha value is -1.66. The van der Waals surface area contributed by atoms with Crippen LogP contribution in [0.1, 0.15) is 115 Å². The van der Waals surface area contributed by atoms with Crippen LogP contribution in [0.15, 0.2) is 48.5 Å². The third-order valence-electron chi connectivity index (χ3n) is 8.19. The number of rotatable bonds is 20. The van der Waals surface area contributed by atoms with E-state index in [0.717, 1.165) is 24.8 Å². The lowest BCUT2D eigenvalue weighted by molar-refractivity contribution is 0.319. The van der Waals surface area contributed by atoms with Crippen LogP contribution >= 0.6 is 15.2 Å². The molecular weight excluding hydrogens is 558 g/mol. The first-order valence-corrected chi connectivity index (χ1v) is 18.7. The fourth-order valence-electron chi connectivity index (χ4n) is 5.89. The molecule has 1 aliphatic rings. The molecule has 230 valence electrons. The molecule has 0 saturated carbocycles. The van der Waals surface area contributed by atoms with Gasteiger partial charge in [-0.25, -0.2) is 0 Å².